The average Bonchev–Trinajstić information content (AvgIpc) is 3.38. The van der Waals surface area contributed by atoms with Gasteiger partial charge in [-0.1, -0.05) is 13.8 Å². The number of rotatable bonds is 6. The van der Waals surface area contributed by atoms with Crippen molar-refractivity contribution in [1.82, 2.24) is 9.97 Å². The van der Waals surface area contributed by atoms with Gasteiger partial charge >= 0.3 is 0 Å². The lowest BCUT2D eigenvalue weighted by molar-refractivity contribution is 0.494. The predicted octanol–water partition coefficient (Wildman–Crippen LogP) is 2.43. The van der Waals surface area contributed by atoms with E-state index in [1.807, 2.05) is 6.07 Å². The van der Waals surface area contributed by atoms with E-state index in [4.69, 9.17) is 0 Å². The van der Waals surface area contributed by atoms with Crippen molar-refractivity contribution in [2.24, 2.45) is 5.92 Å². The maximum Gasteiger partial charge on any atom is 0.134 e. The summed E-state index contributed by atoms with van der Waals surface area (Å²) in [4.78, 5) is 11.0. The molecule has 122 valence electrons. The maximum atomic E-state index is 12.4. The van der Waals surface area contributed by atoms with Crippen molar-refractivity contribution < 1.29 is 4.21 Å². The molecule has 22 heavy (non-hydrogen) atoms. The second-order valence-electron chi connectivity index (χ2n) is 6.45. The van der Waals surface area contributed by atoms with Gasteiger partial charge in [0.2, 0.25) is 0 Å². The highest BCUT2D eigenvalue weighted by Gasteiger charge is 2.39. The fourth-order valence-corrected chi connectivity index (χ4v) is 4.85. The Kier molecular flexibility index (Phi) is 4.66. The molecule has 1 saturated carbocycles. The Labute approximate surface area is 135 Å². The Morgan fingerprint density at radius 1 is 1.36 bits per heavy atom. The van der Waals surface area contributed by atoms with Crippen LogP contribution in [-0.4, -0.2) is 44.3 Å². The molecule has 0 spiro atoms. The molecule has 5 nitrogen and oxygen atoms in total. The summed E-state index contributed by atoms with van der Waals surface area (Å²) in [5.41, 5.74) is 0. The van der Waals surface area contributed by atoms with E-state index in [1.54, 1.807) is 6.33 Å². The van der Waals surface area contributed by atoms with Gasteiger partial charge in [-0.05, 0) is 31.6 Å². The van der Waals surface area contributed by atoms with E-state index in [2.05, 4.69) is 34.0 Å². The smallest absolute Gasteiger partial charge is 0.134 e. The van der Waals surface area contributed by atoms with Gasteiger partial charge in [0.05, 0.1) is 4.75 Å². The van der Waals surface area contributed by atoms with Crippen LogP contribution in [0, 0.1) is 5.92 Å². The number of nitrogens with zero attached hydrogens (tertiary/aromatic N) is 3. The summed E-state index contributed by atoms with van der Waals surface area (Å²) in [5, 5.41) is 3.41. The van der Waals surface area contributed by atoms with Gasteiger partial charge in [-0.2, -0.15) is 0 Å². The molecule has 2 heterocycles. The molecule has 1 aliphatic heterocycles. The number of hydrogen-bond acceptors (Lipinski definition) is 5. The Balaban J connectivity index is 1.72. The van der Waals surface area contributed by atoms with E-state index in [9.17, 15) is 4.21 Å². The molecule has 1 aromatic heterocycles. The molecule has 0 amide bonds. The predicted molar refractivity (Wildman–Crippen MR) is 91.8 cm³/mol. The van der Waals surface area contributed by atoms with Gasteiger partial charge < -0.3 is 10.2 Å². The van der Waals surface area contributed by atoms with E-state index in [-0.39, 0.29) is 4.75 Å². The van der Waals surface area contributed by atoms with Gasteiger partial charge in [-0.3, -0.25) is 4.21 Å². The molecular weight excluding hydrogens is 296 g/mol. The summed E-state index contributed by atoms with van der Waals surface area (Å²) >= 11 is 0. The Morgan fingerprint density at radius 2 is 2.14 bits per heavy atom. The van der Waals surface area contributed by atoms with Crippen LogP contribution in [0.1, 0.15) is 39.5 Å². The lowest BCUT2D eigenvalue weighted by Gasteiger charge is -2.41. The van der Waals surface area contributed by atoms with Crippen molar-refractivity contribution >= 4 is 22.4 Å². The molecule has 1 unspecified atom stereocenters. The first-order chi connectivity index (χ1) is 10.7. The summed E-state index contributed by atoms with van der Waals surface area (Å²) in [7, 11) is -0.738. The number of anilines is 2. The third-order valence-electron chi connectivity index (χ3n) is 5.04. The van der Waals surface area contributed by atoms with Crippen molar-refractivity contribution in [1.29, 1.82) is 0 Å². The lowest BCUT2D eigenvalue weighted by Crippen LogP contribution is -2.53. The molecule has 1 atom stereocenters. The second kappa shape index (κ2) is 6.52. The molecule has 3 rings (SSSR count). The highest BCUT2D eigenvalue weighted by molar-refractivity contribution is 7.86. The summed E-state index contributed by atoms with van der Waals surface area (Å²) in [6.07, 6.45) is 6.20. The SMILES string of the molecule is CCC1(CC)CN(c2cc(NCC3CC3)ncn2)CCS1=O. The van der Waals surface area contributed by atoms with Crippen LogP contribution in [0.3, 0.4) is 0 Å². The van der Waals surface area contributed by atoms with Crippen molar-refractivity contribution in [3.8, 4) is 0 Å². The monoisotopic (exact) mass is 322 g/mol. The van der Waals surface area contributed by atoms with Crippen LogP contribution in [0.5, 0.6) is 0 Å². The Hall–Kier alpha value is -1.17. The standard InChI is InChI=1S/C16H26N4OS/c1-3-16(4-2)11-20(7-8-22(16)21)15-9-14(18-12-19-15)17-10-13-5-6-13/h9,12-13H,3-8,10-11H2,1-2H3,(H,17,18,19). The van der Waals surface area contributed by atoms with E-state index >= 15 is 0 Å². The minimum Gasteiger partial charge on any atom is -0.370 e. The van der Waals surface area contributed by atoms with Crippen molar-refractivity contribution in [2.45, 2.75) is 44.3 Å². The normalized spacial score (nSPS) is 24.3. The van der Waals surface area contributed by atoms with Crippen LogP contribution in [0.25, 0.3) is 0 Å². The van der Waals surface area contributed by atoms with Gasteiger partial charge in [0.1, 0.15) is 18.0 Å². The third kappa shape index (κ3) is 3.26. The van der Waals surface area contributed by atoms with Gasteiger partial charge in [0.25, 0.3) is 0 Å². The zero-order valence-corrected chi connectivity index (χ0v) is 14.4. The molecule has 1 N–H and O–H groups in total. The van der Waals surface area contributed by atoms with Crippen molar-refractivity contribution in [3.05, 3.63) is 12.4 Å². The van der Waals surface area contributed by atoms with Crippen LogP contribution in [0.4, 0.5) is 11.6 Å². The molecule has 1 saturated heterocycles. The molecule has 1 aromatic rings. The Morgan fingerprint density at radius 3 is 2.82 bits per heavy atom. The van der Waals surface area contributed by atoms with Crippen LogP contribution in [0.2, 0.25) is 0 Å². The van der Waals surface area contributed by atoms with Gasteiger partial charge in [0.15, 0.2) is 0 Å². The zero-order chi connectivity index (χ0) is 15.6. The molecular formula is C16H26N4OS. The summed E-state index contributed by atoms with van der Waals surface area (Å²) < 4.78 is 12.4. The van der Waals surface area contributed by atoms with Gasteiger partial charge in [-0.25, -0.2) is 9.97 Å². The van der Waals surface area contributed by atoms with Crippen LogP contribution < -0.4 is 10.2 Å². The molecule has 0 bridgehead atoms. The molecule has 1 aliphatic carbocycles. The molecule has 6 heteroatoms. The maximum absolute atomic E-state index is 12.4. The molecule has 0 aromatic carbocycles. The summed E-state index contributed by atoms with van der Waals surface area (Å²) in [6.45, 7) is 6.94. The van der Waals surface area contributed by atoms with Crippen molar-refractivity contribution in [2.75, 3.05) is 35.6 Å². The van der Waals surface area contributed by atoms with Crippen LogP contribution >= 0.6 is 0 Å². The summed E-state index contributed by atoms with van der Waals surface area (Å²) in [5.74, 6) is 3.42. The first-order valence-corrected chi connectivity index (χ1v) is 9.68. The van der Waals surface area contributed by atoms with E-state index < -0.39 is 10.8 Å². The zero-order valence-electron chi connectivity index (χ0n) is 13.5. The second-order valence-corrected chi connectivity index (χ2v) is 8.41. The van der Waals surface area contributed by atoms with Gasteiger partial charge in [-0.15, -0.1) is 0 Å². The highest BCUT2D eigenvalue weighted by atomic mass is 32.2. The average molecular weight is 322 g/mol. The number of aromatic nitrogens is 2. The molecule has 2 fully saturated rings. The fourth-order valence-electron chi connectivity index (χ4n) is 3.09. The molecule has 2 aliphatic rings. The van der Waals surface area contributed by atoms with E-state index in [1.165, 1.54) is 12.8 Å². The third-order valence-corrected chi connectivity index (χ3v) is 7.27. The quantitative estimate of drug-likeness (QED) is 0.871. The Bertz CT molecular complexity index is 543. The van der Waals surface area contributed by atoms with E-state index in [0.717, 1.165) is 55.8 Å². The van der Waals surface area contributed by atoms with Crippen molar-refractivity contribution in [3.63, 3.8) is 0 Å². The first-order valence-electron chi connectivity index (χ1n) is 8.36. The minimum atomic E-state index is -0.738. The van der Waals surface area contributed by atoms with Crippen LogP contribution in [0.15, 0.2) is 12.4 Å². The van der Waals surface area contributed by atoms with Gasteiger partial charge in [0, 0.05) is 42.3 Å². The first kappa shape index (κ1) is 15.7. The lowest BCUT2D eigenvalue weighted by atomic mass is 10.0. The van der Waals surface area contributed by atoms with E-state index in [0.29, 0.717) is 0 Å². The summed E-state index contributed by atoms with van der Waals surface area (Å²) in [6, 6.07) is 2.03. The highest BCUT2D eigenvalue weighted by Crippen LogP contribution is 2.31. The number of nitrogens with one attached hydrogen (secondary N) is 1. The topological polar surface area (TPSA) is 58.1 Å². The number of hydrogen-bond donors (Lipinski definition) is 1. The minimum absolute atomic E-state index is 0.0925. The molecule has 0 radical (unpaired) electrons. The van der Waals surface area contributed by atoms with Crippen LogP contribution in [-0.2, 0) is 10.8 Å². The largest absolute Gasteiger partial charge is 0.370 e. The fraction of sp³-hybridized carbons (Fsp3) is 0.750.